The number of methoxy groups -OCH3 is 1. The molecule has 0 saturated heterocycles. The van der Waals surface area contributed by atoms with Gasteiger partial charge >= 0.3 is 18.4 Å². The monoisotopic (exact) mass is 412 g/mol. The number of benzene rings is 1. The van der Waals surface area contributed by atoms with E-state index >= 15 is 0 Å². The third-order valence-electron chi connectivity index (χ3n) is 4.52. The highest BCUT2D eigenvalue weighted by Crippen LogP contribution is 2.39. The predicted octanol–water partition coefficient (Wildman–Crippen LogP) is 2.53. The maximum absolute atomic E-state index is 12.9. The van der Waals surface area contributed by atoms with Gasteiger partial charge in [0.1, 0.15) is 17.8 Å². The van der Waals surface area contributed by atoms with E-state index in [0.29, 0.717) is 17.8 Å². The molecule has 2 aromatic rings. The number of imidazole rings is 1. The zero-order valence-corrected chi connectivity index (χ0v) is 15.6. The molecule has 1 aromatic heterocycles. The number of aromatic amines is 1. The van der Waals surface area contributed by atoms with E-state index in [9.17, 15) is 22.8 Å². The lowest BCUT2D eigenvalue weighted by Crippen LogP contribution is -2.50. The Hall–Kier alpha value is -3.24. The largest absolute Gasteiger partial charge is 0.573 e. The van der Waals surface area contributed by atoms with Gasteiger partial charge in [-0.15, -0.1) is 13.2 Å². The second-order valence-corrected chi connectivity index (χ2v) is 6.39. The zero-order chi connectivity index (χ0) is 21.2. The standard InChI is InChI=1S/C18H19F3N4O4/c1-10(16(26)28-2)24-17(27)25-8-7-12-14(23-9-22-12)15(25)11-5-3-4-6-13(11)29-18(19,20)21/h3-6,9-10,15H,7-8H2,1-2H3,(H,22,23)(H,24,27)/t10-,15-/m0/s1. The van der Waals surface area contributed by atoms with Crippen LogP contribution in [0.5, 0.6) is 5.75 Å². The van der Waals surface area contributed by atoms with E-state index < -0.39 is 36.2 Å². The molecule has 0 bridgehead atoms. The first-order valence-electron chi connectivity index (χ1n) is 8.73. The third-order valence-corrected chi connectivity index (χ3v) is 4.52. The fourth-order valence-electron chi connectivity index (χ4n) is 3.24. The number of fused-ring (bicyclic) bond motifs is 1. The molecule has 0 aliphatic carbocycles. The first-order chi connectivity index (χ1) is 13.7. The quantitative estimate of drug-likeness (QED) is 0.753. The Morgan fingerprint density at radius 3 is 2.76 bits per heavy atom. The van der Waals surface area contributed by atoms with Crippen LogP contribution in [0.15, 0.2) is 30.6 Å². The summed E-state index contributed by atoms with van der Waals surface area (Å²) in [7, 11) is 1.19. The Morgan fingerprint density at radius 1 is 1.34 bits per heavy atom. The van der Waals surface area contributed by atoms with E-state index in [1.54, 1.807) is 6.07 Å². The molecule has 1 aromatic carbocycles. The minimum Gasteiger partial charge on any atom is -0.467 e. The molecule has 0 unspecified atom stereocenters. The smallest absolute Gasteiger partial charge is 0.467 e. The normalized spacial score (nSPS) is 17.3. The number of hydrogen-bond acceptors (Lipinski definition) is 5. The fourth-order valence-corrected chi connectivity index (χ4v) is 3.24. The molecule has 0 radical (unpaired) electrons. The van der Waals surface area contributed by atoms with Crippen LogP contribution in [0.4, 0.5) is 18.0 Å². The minimum absolute atomic E-state index is 0.124. The number of alkyl halides is 3. The van der Waals surface area contributed by atoms with Crippen LogP contribution < -0.4 is 10.1 Å². The average molecular weight is 412 g/mol. The van der Waals surface area contributed by atoms with Crippen LogP contribution in [0.3, 0.4) is 0 Å². The molecule has 156 valence electrons. The lowest BCUT2D eigenvalue weighted by atomic mass is 9.95. The second-order valence-electron chi connectivity index (χ2n) is 6.39. The molecule has 2 atom stereocenters. The summed E-state index contributed by atoms with van der Waals surface area (Å²) in [4.78, 5) is 33.0. The summed E-state index contributed by atoms with van der Waals surface area (Å²) in [5.74, 6) is -1.08. The molecule has 11 heteroatoms. The van der Waals surface area contributed by atoms with Crippen molar-refractivity contribution in [3.8, 4) is 5.75 Å². The molecule has 2 heterocycles. The zero-order valence-electron chi connectivity index (χ0n) is 15.6. The van der Waals surface area contributed by atoms with E-state index in [2.05, 4.69) is 24.8 Å². The van der Waals surface area contributed by atoms with Gasteiger partial charge in [-0.05, 0) is 13.0 Å². The van der Waals surface area contributed by atoms with E-state index in [1.165, 1.54) is 43.5 Å². The van der Waals surface area contributed by atoms with Gasteiger partial charge in [-0.2, -0.15) is 0 Å². The molecule has 0 saturated carbocycles. The number of halogens is 3. The van der Waals surface area contributed by atoms with Crippen LogP contribution in [0.1, 0.15) is 29.9 Å². The summed E-state index contributed by atoms with van der Waals surface area (Å²) in [5, 5.41) is 2.50. The molecular formula is C18H19F3N4O4. The van der Waals surface area contributed by atoms with Crippen molar-refractivity contribution in [2.24, 2.45) is 0 Å². The number of carbonyl (C=O) groups is 2. The number of esters is 1. The lowest BCUT2D eigenvalue weighted by Gasteiger charge is -2.36. The number of ether oxygens (including phenoxy) is 2. The SMILES string of the molecule is COC(=O)[C@H](C)NC(=O)N1CCc2[nH]cnc2[C@@H]1c1ccccc1OC(F)(F)F. The van der Waals surface area contributed by atoms with Crippen molar-refractivity contribution in [2.75, 3.05) is 13.7 Å². The maximum atomic E-state index is 12.9. The van der Waals surface area contributed by atoms with Gasteiger partial charge in [0.2, 0.25) is 0 Å². The number of aromatic nitrogens is 2. The number of nitrogens with one attached hydrogen (secondary N) is 2. The van der Waals surface area contributed by atoms with Crippen molar-refractivity contribution in [3.63, 3.8) is 0 Å². The third kappa shape index (κ3) is 4.44. The number of amides is 2. The molecular weight excluding hydrogens is 393 g/mol. The van der Waals surface area contributed by atoms with Gasteiger partial charge in [-0.3, -0.25) is 0 Å². The predicted molar refractivity (Wildman–Crippen MR) is 94.0 cm³/mol. The van der Waals surface area contributed by atoms with Gasteiger partial charge < -0.3 is 24.7 Å². The van der Waals surface area contributed by atoms with Crippen LogP contribution in [0, 0.1) is 0 Å². The molecule has 8 nitrogen and oxygen atoms in total. The van der Waals surface area contributed by atoms with Crippen molar-refractivity contribution >= 4 is 12.0 Å². The van der Waals surface area contributed by atoms with Crippen molar-refractivity contribution in [3.05, 3.63) is 47.5 Å². The number of hydrogen-bond donors (Lipinski definition) is 2. The maximum Gasteiger partial charge on any atom is 0.573 e. The molecule has 1 aliphatic heterocycles. The van der Waals surface area contributed by atoms with Crippen molar-refractivity contribution in [1.29, 1.82) is 0 Å². The summed E-state index contributed by atoms with van der Waals surface area (Å²) in [6.07, 6.45) is -3.05. The van der Waals surface area contributed by atoms with Crippen LogP contribution >= 0.6 is 0 Å². The molecule has 29 heavy (non-hydrogen) atoms. The van der Waals surface area contributed by atoms with E-state index in [1.807, 2.05) is 0 Å². The van der Waals surface area contributed by atoms with Crippen LogP contribution in [0.2, 0.25) is 0 Å². The summed E-state index contributed by atoms with van der Waals surface area (Å²) < 4.78 is 47.4. The summed E-state index contributed by atoms with van der Waals surface area (Å²) in [6.45, 7) is 1.64. The fraction of sp³-hybridized carbons (Fsp3) is 0.389. The Morgan fingerprint density at radius 2 is 2.07 bits per heavy atom. The summed E-state index contributed by atoms with van der Waals surface area (Å²) in [5.41, 5.74) is 1.25. The first-order valence-corrected chi connectivity index (χ1v) is 8.73. The summed E-state index contributed by atoms with van der Waals surface area (Å²) >= 11 is 0. The Bertz CT molecular complexity index is 899. The van der Waals surface area contributed by atoms with E-state index in [0.717, 1.165) is 0 Å². The highest BCUT2D eigenvalue weighted by atomic mass is 19.4. The summed E-state index contributed by atoms with van der Waals surface area (Å²) in [6, 6.07) is 3.07. The number of rotatable bonds is 4. The van der Waals surface area contributed by atoms with Crippen molar-refractivity contribution < 1.29 is 32.2 Å². The number of para-hydroxylation sites is 1. The van der Waals surface area contributed by atoms with Crippen molar-refractivity contribution in [2.45, 2.75) is 31.8 Å². The molecule has 2 N–H and O–H groups in total. The van der Waals surface area contributed by atoms with Gasteiger partial charge in [0, 0.05) is 24.2 Å². The number of carbonyl (C=O) groups excluding carboxylic acids is 2. The highest BCUT2D eigenvalue weighted by molar-refractivity contribution is 5.83. The first kappa shape index (κ1) is 20.5. The Balaban J connectivity index is 1.99. The molecule has 1 aliphatic rings. The number of nitrogens with zero attached hydrogens (tertiary/aromatic N) is 2. The van der Waals surface area contributed by atoms with Gasteiger partial charge in [0.05, 0.1) is 19.1 Å². The molecule has 3 rings (SSSR count). The number of urea groups is 1. The van der Waals surface area contributed by atoms with Crippen molar-refractivity contribution in [1.82, 2.24) is 20.2 Å². The van der Waals surface area contributed by atoms with E-state index in [-0.39, 0.29) is 12.1 Å². The van der Waals surface area contributed by atoms with Crippen LogP contribution in [-0.2, 0) is 16.0 Å². The average Bonchev–Trinajstić information content (AvgIpc) is 3.14. The molecule has 0 fully saturated rings. The van der Waals surface area contributed by atoms with Gasteiger partial charge in [-0.1, -0.05) is 18.2 Å². The topological polar surface area (TPSA) is 96.6 Å². The van der Waals surface area contributed by atoms with E-state index in [4.69, 9.17) is 0 Å². The minimum atomic E-state index is -4.90. The van der Waals surface area contributed by atoms with Gasteiger partial charge in [-0.25, -0.2) is 14.6 Å². The highest BCUT2D eigenvalue weighted by Gasteiger charge is 2.39. The molecule has 2 amide bonds. The number of H-pyrrole nitrogens is 1. The van der Waals surface area contributed by atoms with Gasteiger partial charge in [0.25, 0.3) is 0 Å². The van der Waals surface area contributed by atoms with Crippen LogP contribution in [-0.4, -0.2) is 52.9 Å². The lowest BCUT2D eigenvalue weighted by molar-refractivity contribution is -0.275. The Kier molecular flexibility index (Phi) is 5.66. The Labute approximate surface area is 164 Å². The molecule has 0 spiro atoms. The van der Waals surface area contributed by atoms with Gasteiger partial charge in [0.15, 0.2) is 0 Å². The van der Waals surface area contributed by atoms with Crippen LogP contribution in [0.25, 0.3) is 0 Å². The second kappa shape index (κ2) is 8.02.